The molecule has 1 aromatic rings. The van der Waals surface area contributed by atoms with Crippen molar-refractivity contribution in [2.75, 3.05) is 0 Å². The van der Waals surface area contributed by atoms with Crippen LogP contribution in [0.2, 0.25) is 0 Å². The molecule has 0 N–H and O–H groups in total. The SMILES string of the molecule is O=NOCc1ccc(Br)c(Br)c1. The highest BCUT2D eigenvalue weighted by atomic mass is 79.9. The minimum Gasteiger partial charge on any atom is -0.359 e. The van der Waals surface area contributed by atoms with E-state index in [1.165, 1.54) is 0 Å². The summed E-state index contributed by atoms with van der Waals surface area (Å²) in [6, 6.07) is 5.57. The predicted molar refractivity (Wildman–Crippen MR) is 52.4 cm³/mol. The maximum atomic E-state index is 9.64. The van der Waals surface area contributed by atoms with E-state index in [-0.39, 0.29) is 6.61 Å². The van der Waals surface area contributed by atoms with Crippen LogP contribution >= 0.6 is 31.9 Å². The van der Waals surface area contributed by atoms with Crippen molar-refractivity contribution in [3.63, 3.8) is 0 Å². The van der Waals surface area contributed by atoms with Crippen molar-refractivity contribution in [3.8, 4) is 0 Å². The summed E-state index contributed by atoms with van der Waals surface area (Å²) in [5.41, 5.74) is 0.893. The molecule has 0 heterocycles. The molecule has 0 unspecified atom stereocenters. The zero-order valence-corrected chi connectivity index (χ0v) is 9.13. The smallest absolute Gasteiger partial charge is 0.155 e. The number of rotatable bonds is 3. The van der Waals surface area contributed by atoms with E-state index in [9.17, 15) is 4.91 Å². The monoisotopic (exact) mass is 293 g/mol. The van der Waals surface area contributed by atoms with Crippen LogP contribution in [0.1, 0.15) is 5.56 Å². The fraction of sp³-hybridized carbons (Fsp3) is 0.143. The van der Waals surface area contributed by atoms with Gasteiger partial charge in [-0.2, -0.15) is 0 Å². The van der Waals surface area contributed by atoms with E-state index in [4.69, 9.17) is 0 Å². The second kappa shape index (κ2) is 4.57. The number of halogens is 2. The highest BCUT2D eigenvalue weighted by molar-refractivity contribution is 9.13. The zero-order chi connectivity index (χ0) is 8.97. The molecule has 0 atom stereocenters. The molecule has 0 spiro atoms. The molecule has 0 aromatic heterocycles. The van der Waals surface area contributed by atoms with Gasteiger partial charge >= 0.3 is 0 Å². The molecule has 1 aromatic carbocycles. The first-order chi connectivity index (χ1) is 5.74. The van der Waals surface area contributed by atoms with Crippen LogP contribution in [0.15, 0.2) is 32.5 Å². The van der Waals surface area contributed by atoms with Crippen LogP contribution in [0.5, 0.6) is 0 Å². The van der Waals surface area contributed by atoms with E-state index in [0.29, 0.717) is 0 Å². The van der Waals surface area contributed by atoms with Gasteiger partial charge in [0.1, 0.15) is 6.61 Å². The molecule has 0 aliphatic carbocycles. The zero-order valence-electron chi connectivity index (χ0n) is 5.96. The van der Waals surface area contributed by atoms with Crippen molar-refractivity contribution in [3.05, 3.63) is 37.6 Å². The van der Waals surface area contributed by atoms with Gasteiger partial charge in [-0.1, -0.05) is 6.07 Å². The first-order valence-corrected chi connectivity index (χ1v) is 4.71. The second-order valence-electron chi connectivity index (χ2n) is 2.10. The van der Waals surface area contributed by atoms with Crippen LogP contribution in [0.3, 0.4) is 0 Å². The van der Waals surface area contributed by atoms with Crippen LogP contribution in [0, 0.1) is 4.91 Å². The molecule has 0 aliphatic rings. The highest BCUT2D eigenvalue weighted by Gasteiger charge is 1.98. The van der Waals surface area contributed by atoms with Crippen molar-refractivity contribution in [2.24, 2.45) is 5.34 Å². The van der Waals surface area contributed by atoms with Crippen molar-refractivity contribution in [1.82, 2.24) is 0 Å². The topological polar surface area (TPSA) is 38.7 Å². The molecule has 0 fully saturated rings. The van der Waals surface area contributed by atoms with Crippen LogP contribution in [0.25, 0.3) is 0 Å². The van der Waals surface area contributed by atoms with Crippen LogP contribution in [0.4, 0.5) is 0 Å². The number of hydrogen-bond donors (Lipinski definition) is 0. The van der Waals surface area contributed by atoms with E-state index in [2.05, 4.69) is 42.0 Å². The molecule has 1 rings (SSSR count). The van der Waals surface area contributed by atoms with Gasteiger partial charge in [-0.3, -0.25) is 0 Å². The minimum atomic E-state index is 0.204. The molecule has 64 valence electrons. The van der Waals surface area contributed by atoms with Crippen LogP contribution < -0.4 is 0 Å². The van der Waals surface area contributed by atoms with Gasteiger partial charge in [0.2, 0.25) is 0 Å². The van der Waals surface area contributed by atoms with Crippen molar-refractivity contribution < 1.29 is 4.84 Å². The largest absolute Gasteiger partial charge is 0.359 e. The van der Waals surface area contributed by atoms with Gasteiger partial charge in [-0.25, -0.2) is 0 Å². The maximum Gasteiger partial charge on any atom is 0.155 e. The summed E-state index contributed by atoms with van der Waals surface area (Å²) in [4.78, 5) is 14.0. The molecule has 12 heavy (non-hydrogen) atoms. The molecule has 0 bridgehead atoms. The Hall–Kier alpha value is -0.420. The standard InChI is InChI=1S/C7H5Br2NO2/c8-6-2-1-5(3-7(6)9)4-12-10-11/h1-3H,4H2. The third kappa shape index (κ3) is 2.57. The van der Waals surface area contributed by atoms with Crippen molar-refractivity contribution >= 4 is 31.9 Å². The van der Waals surface area contributed by atoms with E-state index in [0.717, 1.165) is 14.5 Å². The van der Waals surface area contributed by atoms with Gasteiger partial charge < -0.3 is 4.84 Å². The van der Waals surface area contributed by atoms with E-state index in [1.807, 2.05) is 18.2 Å². The molecule has 0 radical (unpaired) electrons. The fourth-order valence-electron chi connectivity index (χ4n) is 0.730. The summed E-state index contributed by atoms with van der Waals surface area (Å²) in [5.74, 6) is 0. The van der Waals surface area contributed by atoms with Gasteiger partial charge in [0.15, 0.2) is 5.34 Å². The van der Waals surface area contributed by atoms with Gasteiger partial charge in [-0.15, -0.1) is 4.91 Å². The lowest BCUT2D eigenvalue weighted by Crippen LogP contribution is -1.85. The van der Waals surface area contributed by atoms with Crippen molar-refractivity contribution in [2.45, 2.75) is 6.61 Å². The summed E-state index contributed by atoms with van der Waals surface area (Å²) in [6.45, 7) is 0.204. The third-order valence-electron chi connectivity index (χ3n) is 1.27. The fourth-order valence-corrected chi connectivity index (χ4v) is 1.40. The Morgan fingerprint density at radius 1 is 1.33 bits per heavy atom. The molecule has 0 amide bonds. The summed E-state index contributed by atoms with van der Waals surface area (Å²) in [5, 5.41) is 2.31. The van der Waals surface area contributed by atoms with E-state index < -0.39 is 0 Å². The summed E-state index contributed by atoms with van der Waals surface area (Å²) >= 11 is 6.65. The average Bonchev–Trinajstić information content (AvgIpc) is 2.07. The lowest BCUT2D eigenvalue weighted by molar-refractivity contribution is 0.126. The Kier molecular flexibility index (Phi) is 3.68. The second-order valence-corrected chi connectivity index (χ2v) is 3.81. The molecule has 0 aliphatic heterocycles. The lowest BCUT2D eigenvalue weighted by atomic mass is 10.2. The van der Waals surface area contributed by atoms with Crippen LogP contribution in [-0.4, -0.2) is 0 Å². The van der Waals surface area contributed by atoms with Gasteiger partial charge in [-0.05, 0) is 49.6 Å². The Morgan fingerprint density at radius 2 is 2.08 bits per heavy atom. The molecular weight excluding hydrogens is 290 g/mol. The van der Waals surface area contributed by atoms with Gasteiger partial charge in [0.05, 0.1) is 0 Å². The summed E-state index contributed by atoms with van der Waals surface area (Å²) < 4.78 is 1.89. The predicted octanol–water partition coefficient (Wildman–Crippen LogP) is 3.41. The Balaban J connectivity index is 2.75. The average molecular weight is 295 g/mol. The quantitative estimate of drug-likeness (QED) is 0.633. The third-order valence-corrected chi connectivity index (χ3v) is 3.15. The Labute approximate surface area is 86.3 Å². The summed E-state index contributed by atoms with van der Waals surface area (Å²) in [7, 11) is 0. The molecule has 0 saturated heterocycles. The highest BCUT2D eigenvalue weighted by Crippen LogP contribution is 2.23. The summed E-state index contributed by atoms with van der Waals surface area (Å²) in [6.07, 6.45) is 0. The van der Waals surface area contributed by atoms with Gasteiger partial charge in [0, 0.05) is 8.95 Å². The maximum absolute atomic E-state index is 9.64. The number of benzene rings is 1. The van der Waals surface area contributed by atoms with Gasteiger partial charge in [0.25, 0.3) is 0 Å². The minimum absolute atomic E-state index is 0.204. The lowest BCUT2D eigenvalue weighted by Gasteiger charge is -1.99. The van der Waals surface area contributed by atoms with Crippen LogP contribution in [-0.2, 0) is 11.4 Å². The van der Waals surface area contributed by atoms with E-state index in [1.54, 1.807) is 0 Å². The molecular formula is C7H5Br2NO2. The number of hydrogen-bond acceptors (Lipinski definition) is 3. The first kappa shape index (κ1) is 9.67. The normalized spacial score (nSPS) is 9.50. The Bertz CT molecular complexity index is 291. The first-order valence-electron chi connectivity index (χ1n) is 3.12. The molecule has 0 saturated carbocycles. The Morgan fingerprint density at radius 3 is 2.67 bits per heavy atom. The van der Waals surface area contributed by atoms with Crippen molar-refractivity contribution in [1.29, 1.82) is 0 Å². The molecule has 3 nitrogen and oxygen atoms in total. The molecule has 5 heteroatoms. The number of nitrogens with zero attached hydrogens (tertiary/aromatic N) is 1. The van der Waals surface area contributed by atoms with E-state index >= 15 is 0 Å².